The first kappa shape index (κ1) is 19.1. The Labute approximate surface area is 172 Å². The number of methoxy groups -OCH3 is 1. The number of benzene rings is 3. The minimum Gasteiger partial charge on any atom is -0.497 e. The zero-order valence-electron chi connectivity index (χ0n) is 16.1. The van der Waals surface area contributed by atoms with E-state index in [9.17, 15) is 9.59 Å². The quantitative estimate of drug-likeness (QED) is 0.413. The zero-order valence-corrected chi connectivity index (χ0v) is 16.1. The minimum atomic E-state index is -0.513. The maximum absolute atomic E-state index is 12.9. The lowest BCUT2D eigenvalue weighted by atomic mass is 10.1. The van der Waals surface area contributed by atoms with Crippen LogP contribution >= 0.6 is 0 Å². The van der Waals surface area contributed by atoms with Crippen molar-refractivity contribution in [3.8, 4) is 11.4 Å². The highest BCUT2D eigenvalue weighted by atomic mass is 16.5. The summed E-state index contributed by atoms with van der Waals surface area (Å²) in [5.74, 6) is 0.218. The number of hydrazone groups is 1. The Bertz CT molecular complexity index is 1280. The van der Waals surface area contributed by atoms with Crippen LogP contribution in [-0.4, -0.2) is 29.0 Å². The van der Waals surface area contributed by atoms with Gasteiger partial charge in [-0.3, -0.25) is 9.59 Å². The van der Waals surface area contributed by atoms with Gasteiger partial charge in [-0.05, 0) is 48.0 Å². The lowest BCUT2D eigenvalue weighted by Crippen LogP contribution is -2.28. The van der Waals surface area contributed by atoms with Crippen molar-refractivity contribution in [1.82, 2.24) is 15.2 Å². The molecule has 0 unspecified atom stereocenters. The Morgan fingerprint density at radius 3 is 2.33 bits per heavy atom. The lowest BCUT2D eigenvalue weighted by molar-refractivity contribution is 0.0950. The summed E-state index contributed by atoms with van der Waals surface area (Å²) in [5, 5.41) is 9.20. The van der Waals surface area contributed by atoms with Gasteiger partial charge in [0.2, 0.25) is 0 Å². The predicted molar refractivity (Wildman–Crippen MR) is 115 cm³/mol. The van der Waals surface area contributed by atoms with Crippen LogP contribution in [0, 0.1) is 0 Å². The number of nitrogens with zero attached hydrogens (tertiary/aromatic N) is 3. The largest absolute Gasteiger partial charge is 0.497 e. The van der Waals surface area contributed by atoms with E-state index in [1.54, 1.807) is 67.8 Å². The van der Waals surface area contributed by atoms with Crippen LogP contribution in [0.5, 0.6) is 5.75 Å². The van der Waals surface area contributed by atoms with Crippen LogP contribution in [0.3, 0.4) is 0 Å². The molecular formula is C23H18N4O3. The van der Waals surface area contributed by atoms with Gasteiger partial charge in [0.1, 0.15) is 5.75 Å². The molecule has 0 aliphatic heterocycles. The van der Waals surface area contributed by atoms with E-state index in [0.717, 1.165) is 11.3 Å². The SMILES string of the molecule is COc1ccc(/C=N\NC(=O)c2nn(-c3ccccc3)c(=O)c3ccccc23)cc1. The van der Waals surface area contributed by atoms with Crippen molar-refractivity contribution >= 4 is 22.9 Å². The summed E-state index contributed by atoms with van der Waals surface area (Å²) < 4.78 is 6.34. The topological polar surface area (TPSA) is 85.6 Å². The fourth-order valence-corrected chi connectivity index (χ4v) is 3.01. The van der Waals surface area contributed by atoms with Crippen molar-refractivity contribution in [2.24, 2.45) is 5.10 Å². The molecule has 0 saturated heterocycles. The molecule has 0 atom stereocenters. The molecule has 4 rings (SSSR count). The van der Waals surface area contributed by atoms with Gasteiger partial charge in [0, 0.05) is 5.39 Å². The monoisotopic (exact) mass is 398 g/mol. The van der Waals surface area contributed by atoms with E-state index in [2.05, 4.69) is 15.6 Å². The van der Waals surface area contributed by atoms with Crippen LogP contribution in [0.2, 0.25) is 0 Å². The van der Waals surface area contributed by atoms with Crippen LogP contribution < -0.4 is 15.7 Å². The Balaban J connectivity index is 1.68. The van der Waals surface area contributed by atoms with E-state index < -0.39 is 5.91 Å². The van der Waals surface area contributed by atoms with Gasteiger partial charge in [0.05, 0.1) is 24.4 Å². The van der Waals surface area contributed by atoms with E-state index in [4.69, 9.17) is 4.74 Å². The number of fused-ring (bicyclic) bond motifs is 1. The molecule has 1 amide bonds. The normalized spacial score (nSPS) is 11.0. The third kappa shape index (κ3) is 3.81. The summed E-state index contributed by atoms with van der Waals surface area (Å²) in [6.07, 6.45) is 1.52. The molecule has 0 saturated carbocycles. The second-order valence-electron chi connectivity index (χ2n) is 6.42. The number of nitrogens with one attached hydrogen (secondary N) is 1. The van der Waals surface area contributed by atoms with E-state index in [1.165, 1.54) is 10.9 Å². The average Bonchev–Trinajstić information content (AvgIpc) is 2.80. The summed E-state index contributed by atoms with van der Waals surface area (Å²) in [6, 6.07) is 23.1. The number of aromatic nitrogens is 2. The van der Waals surface area contributed by atoms with E-state index >= 15 is 0 Å². The highest BCUT2D eigenvalue weighted by Gasteiger charge is 2.17. The van der Waals surface area contributed by atoms with E-state index in [1.807, 2.05) is 18.2 Å². The van der Waals surface area contributed by atoms with Crippen molar-refractivity contribution in [2.45, 2.75) is 0 Å². The molecule has 0 radical (unpaired) electrons. The molecule has 148 valence electrons. The highest BCUT2D eigenvalue weighted by molar-refractivity contribution is 6.05. The number of carbonyl (C=O) groups is 1. The van der Waals surface area contributed by atoms with E-state index in [-0.39, 0.29) is 11.3 Å². The molecule has 1 heterocycles. The number of para-hydroxylation sites is 1. The minimum absolute atomic E-state index is 0.112. The number of rotatable bonds is 5. The summed E-state index contributed by atoms with van der Waals surface area (Å²) >= 11 is 0. The lowest BCUT2D eigenvalue weighted by Gasteiger charge is -2.10. The zero-order chi connectivity index (χ0) is 20.9. The first-order chi connectivity index (χ1) is 14.7. The van der Waals surface area contributed by atoms with Gasteiger partial charge in [0.25, 0.3) is 11.5 Å². The number of ether oxygens (including phenoxy) is 1. The Morgan fingerprint density at radius 1 is 0.967 bits per heavy atom. The molecule has 0 aliphatic carbocycles. The summed E-state index contributed by atoms with van der Waals surface area (Å²) in [4.78, 5) is 25.7. The van der Waals surface area contributed by atoms with Crippen LogP contribution in [0.4, 0.5) is 0 Å². The highest BCUT2D eigenvalue weighted by Crippen LogP contribution is 2.15. The second-order valence-corrected chi connectivity index (χ2v) is 6.42. The molecule has 30 heavy (non-hydrogen) atoms. The number of hydrogen-bond acceptors (Lipinski definition) is 5. The van der Waals surface area contributed by atoms with Gasteiger partial charge >= 0.3 is 0 Å². The molecule has 0 aliphatic rings. The number of hydrogen-bond donors (Lipinski definition) is 1. The fourth-order valence-electron chi connectivity index (χ4n) is 3.01. The fraction of sp³-hybridized carbons (Fsp3) is 0.0435. The first-order valence-electron chi connectivity index (χ1n) is 9.22. The van der Waals surface area contributed by atoms with Crippen molar-refractivity contribution < 1.29 is 9.53 Å². The van der Waals surface area contributed by atoms with Gasteiger partial charge in [-0.1, -0.05) is 36.4 Å². The summed E-state index contributed by atoms with van der Waals surface area (Å²) in [7, 11) is 1.59. The summed E-state index contributed by atoms with van der Waals surface area (Å²) in [5.41, 5.74) is 3.67. The summed E-state index contributed by atoms with van der Waals surface area (Å²) in [6.45, 7) is 0. The van der Waals surface area contributed by atoms with Crippen LogP contribution in [0.15, 0.2) is 88.8 Å². The number of amides is 1. The molecule has 7 nitrogen and oxygen atoms in total. The van der Waals surface area contributed by atoms with Crippen LogP contribution in [0.1, 0.15) is 16.1 Å². The maximum Gasteiger partial charge on any atom is 0.292 e. The smallest absolute Gasteiger partial charge is 0.292 e. The van der Waals surface area contributed by atoms with Gasteiger partial charge in [-0.25, -0.2) is 5.43 Å². The Hall–Kier alpha value is -4.26. The molecule has 1 N–H and O–H groups in total. The molecule has 1 aromatic heterocycles. The van der Waals surface area contributed by atoms with Crippen molar-refractivity contribution in [1.29, 1.82) is 0 Å². The average molecular weight is 398 g/mol. The first-order valence-corrected chi connectivity index (χ1v) is 9.22. The number of carbonyl (C=O) groups excluding carboxylic acids is 1. The van der Waals surface area contributed by atoms with Crippen molar-refractivity contribution in [3.05, 3.63) is 100 Å². The van der Waals surface area contributed by atoms with Crippen LogP contribution in [0.25, 0.3) is 16.5 Å². The van der Waals surface area contributed by atoms with Crippen molar-refractivity contribution in [3.63, 3.8) is 0 Å². The van der Waals surface area contributed by atoms with E-state index in [0.29, 0.717) is 16.5 Å². The molecule has 0 spiro atoms. The molecule has 7 heteroatoms. The van der Waals surface area contributed by atoms with Gasteiger partial charge in [-0.15, -0.1) is 0 Å². The molecule has 0 bridgehead atoms. The molecule has 4 aromatic rings. The third-order valence-corrected chi connectivity index (χ3v) is 4.52. The van der Waals surface area contributed by atoms with Crippen LogP contribution in [-0.2, 0) is 0 Å². The Kier molecular flexibility index (Phi) is 5.34. The molecule has 0 fully saturated rings. The van der Waals surface area contributed by atoms with Gasteiger partial charge in [0.15, 0.2) is 5.69 Å². The predicted octanol–water partition coefficient (Wildman–Crippen LogP) is 3.16. The molecular weight excluding hydrogens is 380 g/mol. The Morgan fingerprint density at radius 2 is 1.63 bits per heavy atom. The van der Waals surface area contributed by atoms with Crippen molar-refractivity contribution in [2.75, 3.05) is 7.11 Å². The molecule has 3 aromatic carbocycles. The van der Waals surface area contributed by atoms with Gasteiger partial charge in [-0.2, -0.15) is 14.9 Å². The maximum atomic E-state index is 12.9. The second kappa shape index (κ2) is 8.40. The van der Waals surface area contributed by atoms with Gasteiger partial charge < -0.3 is 4.74 Å². The third-order valence-electron chi connectivity index (χ3n) is 4.52. The standard InChI is InChI=1S/C23H18N4O3/c1-30-18-13-11-16(12-14-18)15-24-25-22(28)21-19-9-5-6-10-20(19)23(29)27(26-21)17-7-3-2-4-8-17/h2-15H,1H3,(H,25,28)/b24-15-.